The van der Waals surface area contributed by atoms with E-state index in [2.05, 4.69) is 38.3 Å². The number of anilines is 1. The van der Waals surface area contributed by atoms with Crippen molar-refractivity contribution in [3.8, 4) is 11.5 Å². The van der Waals surface area contributed by atoms with Gasteiger partial charge in [-0.25, -0.2) is 4.79 Å². The zero-order valence-electron chi connectivity index (χ0n) is 17.9. The van der Waals surface area contributed by atoms with Gasteiger partial charge in [0.15, 0.2) is 11.5 Å². The maximum absolute atomic E-state index is 12.9. The Labute approximate surface area is 190 Å². The highest BCUT2D eigenvalue weighted by Gasteiger charge is 2.27. The lowest BCUT2D eigenvalue weighted by Gasteiger charge is -2.31. The molecule has 0 aliphatic carbocycles. The molecule has 1 amide bonds. The molecule has 1 N–H and O–H groups in total. The van der Waals surface area contributed by atoms with E-state index < -0.39 is 5.97 Å². The first-order chi connectivity index (χ1) is 14.9. The molecule has 7 nitrogen and oxygen atoms in total. The van der Waals surface area contributed by atoms with Gasteiger partial charge in [-0.2, -0.15) is 0 Å². The van der Waals surface area contributed by atoms with Crippen LogP contribution >= 0.6 is 15.9 Å². The topological polar surface area (TPSA) is 77.1 Å². The van der Waals surface area contributed by atoms with Crippen LogP contribution in [0.5, 0.6) is 11.5 Å². The molecule has 0 aromatic heterocycles. The average molecular weight is 491 g/mol. The van der Waals surface area contributed by atoms with E-state index in [-0.39, 0.29) is 17.4 Å². The van der Waals surface area contributed by atoms with Crippen molar-refractivity contribution in [1.29, 1.82) is 0 Å². The summed E-state index contributed by atoms with van der Waals surface area (Å²) >= 11 is 3.51. The predicted octanol–water partition coefficient (Wildman–Crippen LogP) is 4.10. The molecule has 166 valence electrons. The monoisotopic (exact) mass is 490 g/mol. The number of carbonyl (C=O) groups is 2. The van der Waals surface area contributed by atoms with Gasteiger partial charge in [0.25, 0.3) is 0 Å². The van der Waals surface area contributed by atoms with Gasteiger partial charge in [0.05, 0.1) is 32.6 Å². The van der Waals surface area contributed by atoms with E-state index in [1.807, 2.05) is 12.1 Å². The molecule has 1 heterocycles. The van der Waals surface area contributed by atoms with Gasteiger partial charge in [-0.1, -0.05) is 28.1 Å². The number of nitrogens with one attached hydrogen (secondary N) is 1. The third-order valence-electron chi connectivity index (χ3n) is 5.44. The van der Waals surface area contributed by atoms with E-state index in [4.69, 9.17) is 14.2 Å². The number of ether oxygens (including phenoxy) is 3. The van der Waals surface area contributed by atoms with Crippen molar-refractivity contribution in [1.82, 2.24) is 4.90 Å². The standard InChI is InChI=1S/C23H27BrN2O5/c1-29-20-12-18(23(28)31-3)19(13-21(20)30-2)25-22(27)16-7-9-26(10-8-16)14-15-5-4-6-17(24)11-15/h4-6,11-13,16H,7-10,14H2,1-3H3,(H,25,27). The maximum Gasteiger partial charge on any atom is 0.340 e. The van der Waals surface area contributed by atoms with Crippen molar-refractivity contribution in [3.63, 3.8) is 0 Å². The molecule has 0 saturated carbocycles. The predicted molar refractivity (Wildman–Crippen MR) is 122 cm³/mol. The van der Waals surface area contributed by atoms with Crippen LogP contribution in [-0.2, 0) is 16.1 Å². The van der Waals surface area contributed by atoms with E-state index >= 15 is 0 Å². The molecule has 3 rings (SSSR count). The van der Waals surface area contributed by atoms with Crippen LogP contribution in [0.25, 0.3) is 0 Å². The van der Waals surface area contributed by atoms with Crippen molar-refractivity contribution in [2.75, 3.05) is 39.7 Å². The van der Waals surface area contributed by atoms with Gasteiger partial charge in [0, 0.05) is 29.1 Å². The molecule has 1 saturated heterocycles. The summed E-state index contributed by atoms with van der Waals surface area (Å²) in [5.41, 5.74) is 1.82. The Bertz CT molecular complexity index is 942. The minimum atomic E-state index is -0.555. The molecule has 0 atom stereocenters. The molecular weight excluding hydrogens is 464 g/mol. The van der Waals surface area contributed by atoms with Gasteiger partial charge in [-0.3, -0.25) is 9.69 Å². The normalized spacial score (nSPS) is 14.7. The number of rotatable bonds is 7. The Balaban J connectivity index is 1.66. The Hall–Kier alpha value is -2.58. The number of benzene rings is 2. The number of piperidine rings is 1. The summed E-state index contributed by atoms with van der Waals surface area (Å²) in [6.07, 6.45) is 1.50. The van der Waals surface area contributed by atoms with E-state index in [9.17, 15) is 9.59 Å². The number of hydrogen-bond donors (Lipinski definition) is 1. The van der Waals surface area contributed by atoms with Crippen molar-refractivity contribution in [2.24, 2.45) is 5.92 Å². The van der Waals surface area contributed by atoms with E-state index in [0.29, 0.717) is 17.2 Å². The first-order valence-corrected chi connectivity index (χ1v) is 10.9. The average Bonchev–Trinajstić information content (AvgIpc) is 2.78. The Morgan fingerprint density at radius 2 is 1.74 bits per heavy atom. The third kappa shape index (κ3) is 5.77. The Morgan fingerprint density at radius 3 is 2.35 bits per heavy atom. The molecule has 8 heteroatoms. The van der Waals surface area contributed by atoms with Crippen LogP contribution < -0.4 is 14.8 Å². The first kappa shape index (κ1) is 23.1. The smallest absolute Gasteiger partial charge is 0.340 e. The number of carbonyl (C=O) groups excluding carboxylic acids is 2. The summed E-state index contributed by atoms with van der Waals surface area (Å²) in [7, 11) is 4.28. The lowest BCUT2D eigenvalue weighted by Crippen LogP contribution is -2.38. The minimum absolute atomic E-state index is 0.112. The highest BCUT2D eigenvalue weighted by Crippen LogP contribution is 2.34. The molecule has 0 unspecified atom stereocenters. The third-order valence-corrected chi connectivity index (χ3v) is 5.93. The molecular formula is C23H27BrN2O5. The molecule has 1 fully saturated rings. The van der Waals surface area contributed by atoms with Crippen LogP contribution in [0.2, 0.25) is 0 Å². The second-order valence-corrected chi connectivity index (χ2v) is 8.33. The van der Waals surface area contributed by atoms with Gasteiger partial charge >= 0.3 is 5.97 Å². The summed E-state index contributed by atoms with van der Waals surface area (Å²) in [4.78, 5) is 27.5. The van der Waals surface area contributed by atoms with Crippen LogP contribution in [0.4, 0.5) is 5.69 Å². The largest absolute Gasteiger partial charge is 0.493 e. The molecule has 1 aliphatic rings. The Kier molecular flexibility index (Phi) is 7.92. The summed E-state index contributed by atoms with van der Waals surface area (Å²) in [6, 6.07) is 11.4. The van der Waals surface area contributed by atoms with Gasteiger partial charge in [-0.05, 0) is 43.6 Å². The van der Waals surface area contributed by atoms with Crippen molar-refractivity contribution < 1.29 is 23.8 Å². The second kappa shape index (κ2) is 10.6. The van der Waals surface area contributed by atoms with E-state index in [0.717, 1.165) is 36.9 Å². The highest BCUT2D eigenvalue weighted by atomic mass is 79.9. The fourth-order valence-corrected chi connectivity index (χ4v) is 4.19. The van der Waals surface area contributed by atoms with Crippen molar-refractivity contribution in [3.05, 3.63) is 52.0 Å². The number of likely N-dealkylation sites (tertiary alicyclic amines) is 1. The summed E-state index contributed by atoms with van der Waals surface area (Å²) in [5, 5.41) is 2.89. The summed E-state index contributed by atoms with van der Waals surface area (Å²) < 4.78 is 16.5. The molecule has 0 spiro atoms. The lowest BCUT2D eigenvalue weighted by molar-refractivity contribution is -0.121. The Morgan fingerprint density at radius 1 is 1.06 bits per heavy atom. The fourth-order valence-electron chi connectivity index (χ4n) is 3.74. The van der Waals surface area contributed by atoms with Crippen LogP contribution in [0.15, 0.2) is 40.9 Å². The van der Waals surface area contributed by atoms with Crippen LogP contribution in [0.1, 0.15) is 28.8 Å². The first-order valence-electron chi connectivity index (χ1n) is 10.1. The number of hydrogen-bond acceptors (Lipinski definition) is 6. The highest BCUT2D eigenvalue weighted by molar-refractivity contribution is 9.10. The lowest BCUT2D eigenvalue weighted by atomic mass is 9.95. The molecule has 31 heavy (non-hydrogen) atoms. The summed E-state index contributed by atoms with van der Waals surface area (Å²) in [6.45, 7) is 2.52. The number of nitrogens with zero attached hydrogens (tertiary/aromatic N) is 1. The quantitative estimate of drug-likeness (QED) is 0.588. The molecule has 1 aliphatic heterocycles. The number of esters is 1. The molecule has 2 aromatic carbocycles. The fraction of sp³-hybridized carbons (Fsp3) is 0.391. The molecule has 0 radical (unpaired) electrons. The zero-order valence-corrected chi connectivity index (χ0v) is 19.5. The van der Waals surface area contributed by atoms with Gasteiger partial charge in [0.2, 0.25) is 5.91 Å². The minimum Gasteiger partial charge on any atom is -0.493 e. The van der Waals surface area contributed by atoms with Gasteiger partial charge in [0.1, 0.15) is 0 Å². The van der Waals surface area contributed by atoms with Crippen molar-refractivity contribution in [2.45, 2.75) is 19.4 Å². The van der Waals surface area contributed by atoms with Crippen LogP contribution in [-0.4, -0.2) is 51.2 Å². The number of halogens is 1. The van der Waals surface area contributed by atoms with Gasteiger partial charge < -0.3 is 19.5 Å². The molecule has 0 bridgehead atoms. The number of methoxy groups -OCH3 is 3. The second-order valence-electron chi connectivity index (χ2n) is 7.41. The SMILES string of the molecule is COC(=O)c1cc(OC)c(OC)cc1NC(=O)C1CCN(Cc2cccc(Br)c2)CC1. The van der Waals surface area contributed by atoms with Gasteiger partial charge in [-0.15, -0.1) is 0 Å². The van der Waals surface area contributed by atoms with Crippen molar-refractivity contribution >= 4 is 33.5 Å². The van der Waals surface area contributed by atoms with Crippen LogP contribution in [0, 0.1) is 5.92 Å². The van der Waals surface area contributed by atoms with E-state index in [1.54, 1.807) is 6.07 Å². The summed E-state index contributed by atoms with van der Waals surface area (Å²) in [5.74, 6) is 0.0213. The zero-order chi connectivity index (χ0) is 22.4. The van der Waals surface area contributed by atoms with Crippen LogP contribution in [0.3, 0.4) is 0 Å². The van der Waals surface area contributed by atoms with E-state index in [1.165, 1.54) is 33.0 Å². The number of amides is 1. The molecule has 2 aromatic rings. The maximum atomic E-state index is 12.9.